The van der Waals surface area contributed by atoms with Crippen LogP contribution < -0.4 is 18.9 Å². The molecule has 1 atom stereocenters. The lowest BCUT2D eigenvalue weighted by atomic mass is 9.94. The zero-order valence-electron chi connectivity index (χ0n) is 22.3. The highest BCUT2D eigenvalue weighted by Gasteiger charge is 2.46. The quantitative estimate of drug-likeness (QED) is 0.194. The van der Waals surface area contributed by atoms with Crippen LogP contribution in [0.3, 0.4) is 0 Å². The van der Waals surface area contributed by atoms with Gasteiger partial charge in [-0.05, 0) is 54.8 Å². The van der Waals surface area contributed by atoms with E-state index in [1.165, 1.54) is 33.3 Å². The van der Waals surface area contributed by atoms with E-state index in [2.05, 4.69) is 6.92 Å². The molecule has 0 aromatic heterocycles. The smallest absolute Gasteiger partial charge is 0.295 e. The van der Waals surface area contributed by atoms with Crippen molar-refractivity contribution >= 4 is 17.4 Å². The Hall–Kier alpha value is -3.72. The first-order valence-electron chi connectivity index (χ1n) is 12.1. The Balaban J connectivity index is 2.17. The minimum atomic E-state index is -0.898. The number of aliphatic hydroxyl groups is 1. The van der Waals surface area contributed by atoms with E-state index < -0.39 is 17.7 Å². The molecule has 1 fully saturated rings. The Morgan fingerprint density at radius 1 is 0.946 bits per heavy atom. The second-order valence-electron chi connectivity index (χ2n) is 8.63. The number of benzene rings is 2. The van der Waals surface area contributed by atoms with Crippen LogP contribution in [0, 0.1) is 6.92 Å². The van der Waals surface area contributed by atoms with Crippen LogP contribution >= 0.6 is 0 Å². The first kappa shape index (κ1) is 27.9. The number of ketones is 1. The lowest BCUT2D eigenvalue weighted by molar-refractivity contribution is -0.140. The maximum Gasteiger partial charge on any atom is 0.295 e. The number of unbranched alkanes of at least 4 members (excludes halogenated alkanes) is 1. The molecule has 0 aliphatic carbocycles. The summed E-state index contributed by atoms with van der Waals surface area (Å²) in [6.07, 6.45) is 1.95. The van der Waals surface area contributed by atoms with E-state index in [1.807, 2.05) is 6.92 Å². The van der Waals surface area contributed by atoms with Crippen molar-refractivity contribution in [3.8, 4) is 23.0 Å². The predicted octanol–water partition coefficient (Wildman–Crippen LogP) is 4.27. The summed E-state index contributed by atoms with van der Waals surface area (Å²) in [6.45, 7) is 4.89. The highest BCUT2D eigenvalue weighted by Crippen LogP contribution is 2.45. The van der Waals surface area contributed by atoms with Crippen LogP contribution in [0.2, 0.25) is 0 Å². The molecule has 0 spiro atoms. The van der Waals surface area contributed by atoms with E-state index in [9.17, 15) is 14.7 Å². The van der Waals surface area contributed by atoms with Gasteiger partial charge >= 0.3 is 0 Å². The largest absolute Gasteiger partial charge is 0.507 e. The molecule has 1 amide bonds. The van der Waals surface area contributed by atoms with Gasteiger partial charge in [-0.3, -0.25) is 9.59 Å². The van der Waals surface area contributed by atoms with Gasteiger partial charge in [-0.2, -0.15) is 0 Å². The van der Waals surface area contributed by atoms with Gasteiger partial charge < -0.3 is 33.7 Å². The lowest BCUT2D eigenvalue weighted by Gasteiger charge is -2.26. The van der Waals surface area contributed by atoms with E-state index in [-0.39, 0.29) is 24.5 Å². The minimum absolute atomic E-state index is 0.0329. The number of amides is 1. The van der Waals surface area contributed by atoms with Crippen LogP contribution in [-0.4, -0.2) is 69.9 Å². The number of likely N-dealkylation sites (tertiary alicyclic amines) is 1. The number of nitrogens with zero attached hydrogens (tertiary/aromatic N) is 1. The number of methoxy groups -OCH3 is 4. The summed E-state index contributed by atoms with van der Waals surface area (Å²) in [5.41, 5.74) is 1.69. The van der Waals surface area contributed by atoms with Crippen LogP contribution in [-0.2, 0) is 14.3 Å². The topological polar surface area (TPSA) is 104 Å². The SMILES string of the molecule is CCCCOc1ccc(/C(O)=C2\C(=O)C(=O)N(CCOC)[C@@H]2c2cc(OC)c(OC)c(OC)c2)cc1C. The number of Topliss-reactive ketones (excluding diaryl/α,β-unsaturated/α-hetero) is 1. The van der Waals surface area contributed by atoms with Gasteiger partial charge in [0.15, 0.2) is 11.5 Å². The molecule has 2 aromatic rings. The molecular formula is C28H35NO8. The Morgan fingerprint density at radius 2 is 1.62 bits per heavy atom. The third kappa shape index (κ3) is 5.67. The van der Waals surface area contributed by atoms with Crippen LogP contribution in [0.4, 0.5) is 0 Å². The molecule has 3 rings (SSSR count). The van der Waals surface area contributed by atoms with Crippen molar-refractivity contribution in [2.45, 2.75) is 32.7 Å². The number of aryl methyl sites for hydroxylation is 1. The summed E-state index contributed by atoms with van der Waals surface area (Å²) in [5.74, 6) is 0.00270. The summed E-state index contributed by atoms with van der Waals surface area (Å²) in [7, 11) is 5.96. The monoisotopic (exact) mass is 513 g/mol. The fraction of sp³-hybridized carbons (Fsp3) is 0.429. The Kier molecular flexibility index (Phi) is 9.41. The molecule has 1 aliphatic rings. The second kappa shape index (κ2) is 12.5. The van der Waals surface area contributed by atoms with Crippen LogP contribution in [0.15, 0.2) is 35.9 Å². The zero-order chi connectivity index (χ0) is 27.1. The molecule has 0 bridgehead atoms. The Bertz CT molecular complexity index is 1150. The average molecular weight is 514 g/mol. The summed E-state index contributed by atoms with van der Waals surface area (Å²) < 4.78 is 27.4. The number of carbonyl (C=O) groups is 2. The van der Waals surface area contributed by atoms with Gasteiger partial charge in [0.1, 0.15) is 11.5 Å². The van der Waals surface area contributed by atoms with Crippen LogP contribution in [0.25, 0.3) is 5.76 Å². The molecule has 2 aromatic carbocycles. The Labute approximate surface area is 217 Å². The van der Waals surface area contributed by atoms with Gasteiger partial charge in [0.25, 0.3) is 11.7 Å². The van der Waals surface area contributed by atoms with Crippen molar-refractivity contribution in [3.63, 3.8) is 0 Å². The van der Waals surface area contributed by atoms with E-state index in [0.29, 0.717) is 40.7 Å². The molecule has 9 nitrogen and oxygen atoms in total. The summed E-state index contributed by atoms with van der Waals surface area (Å²) >= 11 is 0. The molecular weight excluding hydrogens is 478 g/mol. The van der Waals surface area contributed by atoms with Crippen molar-refractivity contribution in [1.82, 2.24) is 4.90 Å². The van der Waals surface area contributed by atoms with Gasteiger partial charge in [-0.25, -0.2) is 0 Å². The fourth-order valence-electron chi connectivity index (χ4n) is 4.35. The first-order valence-corrected chi connectivity index (χ1v) is 12.1. The van der Waals surface area contributed by atoms with E-state index in [0.717, 1.165) is 18.4 Å². The summed E-state index contributed by atoms with van der Waals surface area (Å²) in [5, 5.41) is 11.4. The number of carbonyl (C=O) groups excluding carboxylic acids is 2. The molecule has 1 aliphatic heterocycles. The van der Waals surface area contributed by atoms with Crippen LogP contribution in [0.1, 0.15) is 42.5 Å². The number of hydrogen-bond donors (Lipinski definition) is 1. The van der Waals surface area contributed by atoms with Gasteiger partial charge in [0.05, 0.1) is 46.2 Å². The van der Waals surface area contributed by atoms with Crippen molar-refractivity contribution in [2.75, 3.05) is 48.2 Å². The number of rotatable bonds is 12. The predicted molar refractivity (Wildman–Crippen MR) is 139 cm³/mol. The van der Waals surface area contributed by atoms with Gasteiger partial charge in [-0.15, -0.1) is 0 Å². The zero-order valence-corrected chi connectivity index (χ0v) is 22.3. The van der Waals surface area contributed by atoms with E-state index >= 15 is 0 Å². The third-order valence-electron chi connectivity index (χ3n) is 6.28. The number of hydrogen-bond acceptors (Lipinski definition) is 8. The van der Waals surface area contributed by atoms with Crippen molar-refractivity contribution < 1.29 is 38.4 Å². The van der Waals surface area contributed by atoms with E-state index in [1.54, 1.807) is 30.3 Å². The summed E-state index contributed by atoms with van der Waals surface area (Å²) in [6, 6.07) is 7.62. The first-order chi connectivity index (χ1) is 17.8. The third-order valence-corrected chi connectivity index (χ3v) is 6.28. The number of aliphatic hydroxyl groups excluding tert-OH is 1. The molecule has 1 N–H and O–H groups in total. The highest BCUT2D eigenvalue weighted by molar-refractivity contribution is 6.46. The van der Waals surface area contributed by atoms with Gasteiger partial charge in [0.2, 0.25) is 5.75 Å². The normalized spacial score (nSPS) is 16.7. The standard InChI is InChI=1S/C28H35NO8/c1-7-8-12-37-20-10-9-18(14-17(20)2)25(30)23-24(29(11-13-33-3)28(32)26(23)31)19-15-21(34-4)27(36-6)22(16-19)35-5/h9-10,14-16,24,30H,7-8,11-13H2,1-6H3/b25-23+/t24-/m1/s1. The van der Waals surface area contributed by atoms with Gasteiger partial charge in [-0.1, -0.05) is 13.3 Å². The van der Waals surface area contributed by atoms with Gasteiger partial charge in [0, 0.05) is 19.2 Å². The molecule has 0 radical (unpaired) electrons. The molecule has 1 heterocycles. The van der Waals surface area contributed by atoms with Crippen molar-refractivity contribution in [2.24, 2.45) is 0 Å². The average Bonchev–Trinajstić information content (AvgIpc) is 3.16. The van der Waals surface area contributed by atoms with E-state index in [4.69, 9.17) is 23.7 Å². The lowest BCUT2D eigenvalue weighted by Crippen LogP contribution is -2.32. The second-order valence-corrected chi connectivity index (χ2v) is 8.63. The molecule has 0 saturated carbocycles. The minimum Gasteiger partial charge on any atom is -0.507 e. The Morgan fingerprint density at radius 3 is 2.16 bits per heavy atom. The van der Waals surface area contributed by atoms with Crippen LogP contribution in [0.5, 0.6) is 23.0 Å². The maximum absolute atomic E-state index is 13.3. The highest BCUT2D eigenvalue weighted by atomic mass is 16.5. The number of ether oxygens (including phenoxy) is 5. The summed E-state index contributed by atoms with van der Waals surface area (Å²) in [4.78, 5) is 27.8. The molecule has 200 valence electrons. The molecule has 37 heavy (non-hydrogen) atoms. The fourth-order valence-corrected chi connectivity index (χ4v) is 4.35. The maximum atomic E-state index is 13.3. The molecule has 1 saturated heterocycles. The molecule has 9 heteroatoms. The molecule has 0 unspecified atom stereocenters. The van der Waals surface area contributed by atoms with Crippen molar-refractivity contribution in [3.05, 3.63) is 52.6 Å². The van der Waals surface area contributed by atoms with Crippen molar-refractivity contribution in [1.29, 1.82) is 0 Å².